The topological polar surface area (TPSA) is 75.3 Å². The summed E-state index contributed by atoms with van der Waals surface area (Å²) in [6, 6.07) is 10.9. The van der Waals surface area contributed by atoms with Crippen LogP contribution in [0.5, 0.6) is 0 Å². The number of carbonyl (C=O) groups excluding carboxylic acids is 1. The molecule has 1 amide bonds. The fraction of sp³-hybridized carbons (Fsp3) is 0.133. The van der Waals surface area contributed by atoms with Gasteiger partial charge < -0.3 is 5.32 Å². The molecule has 0 atom stereocenters. The van der Waals surface area contributed by atoms with Crippen LogP contribution >= 0.6 is 11.6 Å². The number of para-hydroxylation sites is 1. The minimum absolute atomic E-state index is 0.0333. The Kier molecular flexibility index (Phi) is 5.58. The number of halogens is 4. The highest BCUT2D eigenvalue weighted by atomic mass is 35.5. The van der Waals surface area contributed by atoms with Gasteiger partial charge in [0.05, 0.1) is 16.3 Å². The molecule has 0 saturated heterocycles. The van der Waals surface area contributed by atoms with E-state index in [0.29, 0.717) is 0 Å². The number of alkyl halides is 3. The van der Waals surface area contributed by atoms with Crippen LogP contribution in [0.3, 0.4) is 0 Å². The molecular formula is C15H12ClF3N2O3S. The molecular weight excluding hydrogens is 381 g/mol. The number of nitrogens with one attached hydrogen (secondary N) is 2. The second-order valence-corrected chi connectivity index (χ2v) is 6.94. The molecule has 0 spiro atoms. The molecule has 0 aliphatic heterocycles. The average Bonchev–Trinajstić information content (AvgIpc) is 2.52. The van der Waals surface area contributed by atoms with Crippen molar-refractivity contribution in [3.8, 4) is 0 Å². The van der Waals surface area contributed by atoms with Crippen LogP contribution in [0.15, 0.2) is 53.4 Å². The maximum Gasteiger partial charge on any atom is 0.405 e. The molecule has 5 nitrogen and oxygen atoms in total. The predicted molar refractivity (Wildman–Crippen MR) is 87.1 cm³/mol. The summed E-state index contributed by atoms with van der Waals surface area (Å²) >= 11 is 5.85. The highest BCUT2D eigenvalue weighted by Gasteiger charge is 2.28. The van der Waals surface area contributed by atoms with E-state index in [1.54, 1.807) is 11.4 Å². The molecule has 2 rings (SSSR count). The van der Waals surface area contributed by atoms with Crippen molar-refractivity contribution < 1.29 is 26.4 Å². The van der Waals surface area contributed by atoms with Gasteiger partial charge >= 0.3 is 6.18 Å². The van der Waals surface area contributed by atoms with Crippen LogP contribution in [-0.2, 0) is 10.0 Å². The molecule has 2 aromatic carbocycles. The molecule has 0 bridgehead atoms. The van der Waals surface area contributed by atoms with Crippen LogP contribution < -0.4 is 10.0 Å². The van der Waals surface area contributed by atoms with Crippen LogP contribution in [0.25, 0.3) is 0 Å². The molecule has 0 aliphatic carbocycles. The minimum Gasteiger partial charge on any atom is -0.343 e. The first-order chi connectivity index (χ1) is 11.6. The van der Waals surface area contributed by atoms with Gasteiger partial charge in [0.1, 0.15) is 11.4 Å². The SMILES string of the molecule is O=C(NCC(F)(F)F)c1ccccc1NS(=O)(=O)c1ccccc1Cl. The Morgan fingerprint density at radius 2 is 1.64 bits per heavy atom. The zero-order valence-electron chi connectivity index (χ0n) is 12.5. The van der Waals surface area contributed by atoms with Crippen LogP contribution in [0.2, 0.25) is 5.02 Å². The van der Waals surface area contributed by atoms with Crippen molar-refractivity contribution >= 4 is 33.2 Å². The molecule has 0 aromatic heterocycles. The molecule has 0 aliphatic rings. The van der Waals surface area contributed by atoms with E-state index in [1.807, 2.05) is 0 Å². The Morgan fingerprint density at radius 1 is 1.04 bits per heavy atom. The third-order valence-corrected chi connectivity index (χ3v) is 4.86. The summed E-state index contributed by atoms with van der Waals surface area (Å²) < 4.78 is 63.7. The zero-order valence-corrected chi connectivity index (χ0v) is 14.0. The number of benzene rings is 2. The summed E-state index contributed by atoms with van der Waals surface area (Å²) in [5.41, 5.74) is -0.413. The molecule has 10 heteroatoms. The molecule has 0 fully saturated rings. The average molecular weight is 393 g/mol. The van der Waals surface area contributed by atoms with Crippen molar-refractivity contribution in [2.75, 3.05) is 11.3 Å². The number of rotatable bonds is 5. The van der Waals surface area contributed by atoms with E-state index in [2.05, 4.69) is 4.72 Å². The molecule has 25 heavy (non-hydrogen) atoms. The Hall–Kier alpha value is -2.26. The lowest BCUT2D eigenvalue weighted by Crippen LogP contribution is -2.34. The van der Waals surface area contributed by atoms with E-state index in [9.17, 15) is 26.4 Å². The fourth-order valence-electron chi connectivity index (χ4n) is 1.91. The summed E-state index contributed by atoms with van der Waals surface area (Å²) in [6.45, 7) is -1.53. The summed E-state index contributed by atoms with van der Waals surface area (Å²) in [5, 5.41) is 1.66. The highest BCUT2D eigenvalue weighted by Crippen LogP contribution is 2.25. The van der Waals surface area contributed by atoms with Gasteiger partial charge in [0.2, 0.25) is 0 Å². The maximum absolute atomic E-state index is 12.4. The summed E-state index contributed by atoms with van der Waals surface area (Å²) in [4.78, 5) is 11.7. The monoisotopic (exact) mass is 392 g/mol. The van der Waals surface area contributed by atoms with Crippen molar-refractivity contribution in [3.05, 3.63) is 59.1 Å². The second kappa shape index (κ2) is 7.32. The lowest BCUT2D eigenvalue weighted by atomic mass is 10.1. The van der Waals surface area contributed by atoms with Crippen molar-refractivity contribution in [2.24, 2.45) is 0 Å². The molecule has 134 valence electrons. The Labute approximate surface area is 146 Å². The Morgan fingerprint density at radius 3 is 2.28 bits per heavy atom. The van der Waals surface area contributed by atoms with E-state index in [0.717, 1.165) is 0 Å². The van der Waals surface area contributed by atoms with E-state index in [-0.39, 0.29) is 21.2 Å². The quantitative estimate of drug-likeness (QED) is 0.818. The molecule has 2 aromatic rings. The number of amides is 1. The van der Waals surface area contributed by atoms with Gasteiger partial charge in [0, 0.05) is 0 Å². The van der Waals surface area contributed by atoms with Crippen molar-refractivity contribution in [3.63, 3.8) is 0 Å². The van der Waals surface area contributed by atoms with Gasteiger partial charge in [-0.1, -0.05) is 35.9 Å². The number of sulfonamides is 1. The smallest absolute Gasteiger partial charge is 0.343 e. The van der Waals surface area contributed by atoms with Gasteiger partial charge in [-0.15, -0.1) is 0 Å². The molecule has 0 heterocycles. The summed E-state index contributed by atoms with van der Waals surface area (Å²) in [6.07, 6.45) is -4.58. The first-order valence-electron chi connectivity index (χ1n) is 6.81. The summed E-state index contributed by atoms with van der Waals surface area (Å²) in [7, 11) is -4.13. The van der Waals surface area contributed by atoms with E-state index in [1.165, 1.54) is 42.5 Å². The van der Waals surface area contributed by atoms with Gasteiger partial charge in [-0.2, -0.15) is 13.2 Å². The number of hydrogen-bond acceptors (Lipinski definition) is 3. The van der Waals surface area contributed by atoms with Gasteiger partial charge in [-0.05, 0) is 24.3 Å². The maximum atomic E-state index is 12.4. The van der Waals surface area contributed by atoms with E-state index in [4.69, 9.17) is 11.6 Å². The second-order valence-electron chi connectivity index (χ2n) is 4.88. The Balaban J connectivity index is 2.29. The minimum atomic E-state index is -4.58. The molecule has 0 radical (unpaired) electrons. The highest BCUT2D eigenvalue weighted by molar-refractivity contribution is 7.92. The first kappa shape index (κ1) is 19.1. The fourth-order valence-corrected chi connectivity index (χ4v) is 3.51. The van der Waals surface area contributed by atoms with E-state index >= 15 is 0 Å². The number of hydrogen-bond donors (Lipinski definition) is 2. The van der Waals surface area contributed by atoms with Crippen molar-refractivity contribution in [1.82, 2.24) is 5.32 Å². The molecule has 0 unspecified atom stereocenters. The van der Waals surface area contributed by atoms with Gasteiger partial charge in [-0.3, -0.25) is 9.52 Å². The largest absolute Gasteiger partial charge is 0.405 e. The third kappa shape index (κ3) is 5.10. The normalized spacial score (nSPS) is 11.8. The van der Waals surface area contributed by atoms with Gasteiger partial charge in [0.15, 0.2) is 0 Å². The molecule has 0 saturated carbocycles. The third-order valence-electron chi connectivity index (χ3n) is 2.99. The zero-order chi connectivity index (χ0) is 18.7. The van der Waals surface area contributed by atoms with Crippen LogP contribution in [-0.4, -0.2) is 27.0 Å². The van der Waals surface area contributed by atoms with Crippen LogP contribution in [0, 0.1) is 0 Å². The van der Waals surface area contributed by atoms with Crippen molar-refractivity contribution in [2.45, 2.75) is 11.1 Å². The lowest BCUT2D eigenvalue weighted by Gasteiger charge is -2.14. The van der Waals surface area contributed by atoms with Gasteiger partial charge in [-0.25, -0.2) is 8.42 Å². The summed E-state index contributed by atoms with van der Waals surface area (Å²) in [5.74, 6) is -1.06. The van der Waals surface area contributed by atoms with Gasteiger partial charge in [0.25, 0.3) is 15.9 Å². The number of carbonyl (C=O) groups is 1. The van der Waals surface area contributed by atoms with E-state index < -0.39 is 28.7 Å². The predicted octanol–water partition coefficient (Wildman–Crippen LogP) is 3.43. The van der Waals surface area contributed by atoms with Crippen LogP contribution in [0.4, 0.5) is 18.9 Å². The van der Waals surface area contributed by atoms with Crippen LogP contribution in [0.1, 0.15) is 10.4 Å². The lowest BCUT2D eigenvalue weighted by molar-refractivity contribution is -0.123. The number of anilines is 1. The van der Waals surface area contributed by atoms with Crippen molar-refractivity contribution in [1.29, 1.82) is 0 Å². The molecule has 2 N–H and O–H groups in total. The first-order valence-corrected chi connectivity index (χ1v) is 8.67. The standard InChI is InChI=1S/C15H12ClF3N2O3S/c16-11-6-2-4-8-13(11)25(23,24)21-12-7-3-1-5-10(12)14(22)20-9-15(17,18)19/h1-8,21H,9H2,(H,20,22). The Bertz CT molecular complexity index is 886.